The highest BCUT2D eigenvalue weighted by Gasteiger charge is 2.22. The van der Waals surface area contributed by atoms with Crippen LogP contribution in [0.4, 0.5) is 17.3 Å². The number of hydrogen-bond acceptors (Lipinski definition) is 10. The van der Waals surface area contributed by atoms with Crippen molar-refractivity contribution in [3.05, 3.63) is 79.1 Å². The van der Waals surface area contributed by atoms with Crippen LogP contribution in [0, 0.1) is 0 Å². The Kier molecular flexibility index (Phi) is 10.1. The number of halogens is 1. The van der Waals surface area contributed by atoms with Crippen molar-refractivity contribution in [2.24, 2.45) is 0 Å². The highest BCUT2D eigenvalue weighted by molar-refractivity contribution is 7.90. The SMILES string of the molecule is C=CCCC(=O)Oc1cc(Nc2ncc(Cl)c(-c3cn(S(=O)(=O)CC)c4cc(OCC=C)ccc34)n2)ccc1N1CCOCC1. The first kappa shape index (κ1) is 32.0. The molecule has 5 rings (SSSR count). The Morgan fingerprint density at radius 3 is 2.69 bits per heavy atom. The number of allylic oxidation sites excluding steroid dienone is 1. The minimum absolute atomic E-state index is 0.112. The largest absolute Gasteiger partial charge is 0.489 e. The van der Waals surface area contributed by atoms with E-state index in [0.29, 0.717) is 72.1 Å². The maximum atomic E-state index is 13.1. The van der Waals surface area contributed by atoms with E-state index in [2.05, 4.69) is 33.3 Å². The minimum atomic E-state index is -3.67. The lowest BCUT2D eigenvalue weighted by molar-refractivity contribution is -0.134. The van der Waals surface area contributed by atoms with Crippen molar-refractivity contribution < 1.29 is 27.4 Å². The first-order valence-electron chi connectivity index (χ1n) is 14.4. The fourth-order valence-electron chi connectivity index (χ4n) is 4.86. The van der Waals surface area contributed by atoms with Crippen LogP contribution in [0.5, 0.6) is 11.5 Å². The van der Waals surface area contributed by atoms with Crippen molar-refractivity contribution >= 4 is 55.8 Å². The summed E-state index contributed by atoms with van der Waals surface area (Å²) in [5.41, 5.74) is 2.62. The van der Waals surface area contributed by atoms with Crippen LogP contribution in [-0.4, -0.2) is 67.0 Å². The number of carbonyl (C=O) groups is 1. The Hall–Kier alpha value is -4.39. The molecule has 13 heteroatoms. The molecule has 0 amide bonds. The number of nitrogens with zero attached hydrogens (tertiary/aromatic N) is 4. The lowest BCUT2D eigenvalue weighted by atomic mass is 10.1. The van der Waals surface area contributed by atoms with Crippen LogP contribution >= 0.6 is 11.6 Å². The molecule has 1 fully saturated rings. The lowest BCUT2D eigenvalue weighted by Crippen LogP contribution is -2.36. The van der Waals surface area contributed by atoms with Gasteiger partial charge in [0.25, 0.3) is 0 Å². The molecule has 0 unspecified atom stereocenters. The summed E-state index contributed by atoms with van der Waals surface area (Å²) < 4.78 is 44.3. The molecular formula is C32H34ClN5O6S. The summed E-state index contributed by atoms with van der Waals surface area (Å²) in [5.74, 6) is 0.620. The van der Waals surface area contributed by atoms with E-state index >= 15 is 0 Å². The van der Waals surface area contributed by atoms with Crippen LogP contribution in [0.15, 0.2) is 74.1 Å². The van der Waals surface area contributed by atoms with Gasteiger partial charge in [-0.2, -0.15) is 0 Å². The lowest BCUT2D eigenvalue weighted by Gasteiger charge is -2.30. The van der Waals surface area contributed by atoms with Crippen molar-refractivity contribution in [1.82, 2.24) is 13.9 Å². The van der Waals surface area contributed by atoms with Gasteiger partial charge in [-0.15, -0.1) is 6.58 Å². The monoisotopic (exact) mass is 651 g/mol. The molecule has 1 aliphatic heterocycles. The normalized spacial score (nSPS) is 13.4. The van der Waals surface area contributed by atoms with Gasteiger partial charge in [-0.1, -0.05) is 30.3 Å². The Morgan fingerprint density at radius 1 is 1.16 bits per heavy atom. The van der Waals surface area contributed by atoms with Gasteiger partial charge in [-0.3, -0.25) is 4.79 Å². The summed E-state index contributed by atoms with van der Waals surface area (Å²) in [4.78, 5) is 23.7. The number of fused-ring (bicyclic) bond motifs is 1. The summed E-state index contributed by atoms with van der Waals surface area (Å²) in [6, 6.07) is 10.6. The molecule has 1 saturated heterocycles. The van der Waals surface area contributed by atoms with Gasteiger partial charge in [-0.25, -0.2) is 22.4 Å². The molecule has 1 aliphatic rings. The molecule has 0 aliphatic carbocycles. The molecule has 4 aromatic rings. The second-order valence-corrected chi connectivity index (χ2v) is 12.7. The number of aromatic nitrogens is 3. The number of esters is 1. The van der Waals surface area contributed by atoms with Crippen molar-refractivity contribution in [2.45, 2.75) is 19.8 Å². The fourth-order valence-corrected chi connectivity index (χ4v) is 6.05. The summed E-state index contributed by atoms with van der Waals surface area (Å²) in [6.45, 7) is 11.7. The van der Waals surface area contributed by atoms with Gasteiger partial charge in [0.2, 0.25) is 16.0 Å². The van der Waals surface area contributed by atoms with Crippen LogP contribution in [0.3, 0.4) is 0 Å². The summed E-state index contributed by atoms with van der Waals surface area (Å²) in [6.07, 6.45) is 6.95. The van der Waals surface area contributed by atoms with Crippen molar-refractivity contribution in [3.63, 3.8) is 0 Å². The number of ether oxygens (including phenoxy) is 3. The zero-order chi connectivity index (χ0) is 32.0. The molecule has 11 nitrogen and oxygen atoms in total. The van der Waals surface area contributed by atoms with E-state index in [1.54, 1.807) is 43.3 Å². The van der Waals surface area contributed by atoms with Crippen LogP contribution < -0.4 is 19.7 Å². The predicted octanol–water partition coefficient (Wildman–Crippen LogP) is 5.97. The Bertz CT molecular complexity index is 1840. The van der Waals surface area contributed by atoms with Gasteiger partial charge in [-0.05, 0) is 37.6 Å². The molecule has 2 aromatic carbocycles. The molecular weight excluding hydrogens is 618 g/mol. The number of anilines is 3. The Labute approximate surface area is 267 Å². The summed E-state index contributed by atoms with van der Waals surface area (Å²) in [5, 5.41) is 4.03. The number of hydrogen-bond donors (Lipinski definition) is 1. The van der Waals surface area contributed by atoms with E-state index in [1.807, 2.05) is 12.1 Å². The second-order valence-electron chi connectivity index (χ2n) is 10.1. The van der Waals surface area contributed by atoms with Crippen LogP contribution in [-0.2, 0) is 19.6 Å². The number of benzene rings is 2. The van der Waals surface area contributed by atoms with E-state index in [0.717, 1.165) is 5.69 Å². The van der Waals surface area contributed by atoms with Gasteiger partial charge in [0.1, 0.15) is 12.4 Å². The van der Waals surface area contributed by atoms with Gasteiger partial charge < -0.3 is 24.4 Å². The zero-order valence-electron chi connectivity index (χ0n) is 24.9. The van der Waals surface area contributed by atoms with Gasteiger partial charge in [0.15, 0.2) is 5.75 Å². The Balaban J connectivity index is 1.51. The van der Waals surface area contributed by atoms with Gasteiger partial charge in [0.05, 0.1) is 47.1 Å². The van der Waals surface area contributed by atoms with E-state index in [-0.39, 0.29) is 35.7 Å². The summed E-state index contributed by atoms with van der Waals surface area (Å²) >= 11 is 6.59. The van der Waals surface area contributed by atoms with Crippen molar-refractivity contribution in [2.75, 3.05) is 48.9 Å². The van der Waals surface area contributed by atoms with Gasteiger partial charge in [0, 0.05) is 54.5 Å². The van der Waals surface area contributed by atoms with E-state index in [1.165, 1.54) is 16.4 Å². The quantitative estimate of drug-likeness (QED) is 0.105. The minimum Gasteiger partial charge on any atom is -0.489 e. The third-order valence-corrected chi connectivity index (χ3v) is 9.03. The van der Waals surface area contributed by atoms with Crippen molar-refractivity contribution in [1.29, 1.82) is 0 Å². The molecule has 1 N–H and O–H groups in total. The highest BCUT2D eigenvalue weighted by Crippen LogP contribution is 2.38. The maximum absolute atomic E-state index is 13.1. The van der Waals surface area contributed by atoms with Crippen LogP contribution in [0.25, 0.3) is 22.2 Å². The van der Waals surface area contributed by atoms with E-state index < -0.39 is 10.0 Å². The third-order valence-electron chi connectivity index (χ3n) is 7.12. The molecule has 3 heterocycles. The predicted molar refractivity (Wildman–Crippen MR) is 176 cm³/mol. The van der Waals surface area contributed by atoms with Crippen LogP contribution in [0.1, 0.15) is 19.8 Å². The molecule has 45 heavy (non-hydrogen) atoms. The average molecular weight is 652 g/mol. The van der Waals surface area contributed by atoms with E-state index in [9.17, 15) is 13.2 Å². The molecule has 0 radical (unpaired) electrons. The standard InChI is InChI=1S/C32H34ClN5O6S/c1-4-7-8-30(39)44-29-18-22(9-12-27(29)37-13-16-42-17-14-37)35-32-34-20-26(33)31(36-32)25-21-38(45(40,41)6-3)28-19-23(43-15-5-2)10-11-24(25)28/h4-5,9-12,18-21H,1-2,6-8,13-17H2,3H3,(H,34,35,36). The first-order chi connectivity index (χ1) is 21.7. The number of nitrogens with one attached hydrogen (secondary N) is 1. The highest BCUT2D eigenvalue weighted by atomic mass is 35.5. The number of morpholine rings is 1. The molecule has 0 bridgehead atoms. The topological polar surface area (TPSA) is 125 Å². The first-order valence-corrected chi connectivity index (χ1v) is 16.4. The van der Waals surface area contributed by atoms with Gasteiger partial charge >= 0.3 is 5.97 Å². The van der Waals surface area contributed by atoms with Crippen molar-refractivity contribution in [3.8, 4) is 22.8 Å². The third kappa shape index (κ3) is 7.30. The Morgan fingerprint density at radius 2 is 1.96 bits per heavy atom. The maximum Gasteiger partial charge on any atom is 0.311 e. The molecule has 2 aromatic heterocycles. The zero-order valence-corrected chi connectivity index (χ0v) is 26.4. The number of rotatable bonds is 13. The summed E-state index contributed by atoms with van der Waals surface area (Å²) in [7, 11) is -3.67. The van der Waals surface area contributed by atoms with Crippen LogP contribution in [0.2, 0.25) is 5.02 Å². The average Bonchev–Trinajstić information content (AvgIpc) is 3.44. The smallest absolute Gasteiger partial charge is 0.311 e. The second kappa shape index (κ2) is 14.1. The molecule has 0 saturated carbocycles. The van der Waals surface area contributed by atoms with E-state index in [4.69, 9.17) is 25.8 Å². The molecule has 236 valence electrons. The number of carbonyl (C=O) groups excluding carboxylic acids is 1. The molecule has 0 spiro atoms. The molecule has 0 atom stereocenters. The fraction of sp³-hybridized carbons (Fsp3) is 0.281.